The van der Waals surface area contributed by atoms with Gasteiger partial charge in [-0.15, -0.1) is 11.3 Å². The number of hydrogen-bond donors (Lipinski definition) is 2. The lowest BCUT2D eigenvalue weighted by Gasteiger charge is -2.26. The second kappa shape index (κ2) is 7.86. The Labute approximate surface area is 156 Å². The molecule has 1 heterocycles. The van der Waals surface area contributed by atoms with E-state index in [0.717, 1.165) is 35.4 Å². The molecule has 0 spiro atoms. The highest BCUT2D eigenvalue weighted by Gasteiger charge is 2.36. The predicted octanol–water partition coefficient (Wildman–Crippen LogP) is 3.96. The monoisotopic (exact) mass is 374 g/mol. The normalized spacial score (nSPS) is 19.8. The molecule has 2 aromatic rings. The standard InChI is InChI=1S/C19H22N2O4S/c1-11-7-8-16(25-2)14(9-11)15-10-26-19(20-15)21-17(22)12-5-3-4-6-13(12)18(23)24/h7-10,12-13H,3-6H2,1-2H3,(H,23,24)(H,20,21,22). The Morgan fingerprint density at radius 3 is 2.69 bits per heavy atom. The van der Waals surface area contributed by atoms with Gasteiger partial charge < -0.3 is 15.2 Å². The van der Waals surface area contributed by atoms with Gasteiger partial charge in [-0.3, -0.25) is 9.59 Å². The lowest BCUT2D eigenvalue weighted by atomic mass is 9.79. The third kappa shape index (κ3) is 3.88. The summed E-state index contributed by atoms with van der Waals surface area (Å²) in [7, 11) is 1.61. The van der Waals surface area contributed by atoms with Crippen molar-refractivity contribution < 1.29 is 19.4 Å². The maximum absolute atomic E-state index is 12.6. The number of rotatable bonds is 5. The molecular weight excluding hydrogens is 352 g/mol. The molecule has 0 radical (unpaired) electrons. The van der Waals surface area contributed by atoms with Gasteiger partial charge in [0.15, 0.2) is 5.13 Å². The number of carbonyl (C=O) groups is 2. The number of amides is 1. The van der Waals surface area contributed by atoms with Gasteiger partial charge in [-0.05, 0) is 31.9 Å². The fraction of sp³-hybridized carbons (Fsp3) is 0.421. The minimum atomic E-state index is -0.894. The summed E-state index contributed by atoms with van der Waals surface area (Å²) < 4.78 is 5.39. The number of methoxy groups -OCH3 is 1. The molecule has 3 rings (SSSR count). The second-order valence-corrected chi connectivity index (χ2v) is 7.42. The van der Waals surface area contributed by atoms with Crippen LogP contribution in [0.25, 0.3) is 11.3 Å². The fourth-order valence-electron chi connectivity index (χ4n) is 3.42. The number of nitrogens with zero attached hydrogens (tertiary/aromatic N) is 1. The molecule has 6 nitrogen and oxygen atoms in total. The molecule has 2 N–H and O–H groups in total. The first kappa shape index (κ1) is 18.4. The van der Waals surface area contributed by atoms with Gasteiger partial charge in [0.2, 0.25) is 5.91 Å². The Bertz CT molecular complexity index is 818. The van der Waals surface area contributed by atoms with E-state index in [0.29, 0.717) is 18.0 Å². The van der Waals surface area contributed by atoms with Crippen LogP contribution in [0.15, 0.2) is 23.6 Å². The van der Waals surface area contributed by atoms with Crippen LogP contribution < -0.4 is 10.1 Å². The number of aryl methyl sites for hydroxylation is 1. The van der Waals surface area contributed by atoms with Crippen LogP contribution in [0.3, 0.4) is 0 Å². The Morgan fingerprint density at radius 1 is 1.27 bits per heavy atom. The van der Waals surface area contributed by atoms with Gasteiger partial charge in [0.05, 0.1) is 24.6 Å². The number of nitrogens with one attached hydrogen (secondary N) is 1. The minimum Gasteiger partial charge on any atom is -0.496 e. The van der Waals surface area contributed by atoms with Crippen molar-refractivity contribution in [2.75, 3.05) is 12.4 Å². The van der Waals surface area contributed by atoms with Crippen molar-refractivity contribution in [1.82, 2.24) is 4.98 Å². The van der Waals surface area contributed by atoms with Crippen LogP contribution in [0.1, 0.15) is 31.2 Å². The van der Waals surface area contributed by atoms with E-state index in [1.165, 1.54) is 11.3 Å². The van der Waals surface area contributed by atoms with Gasteiger partial charge in [-0.25, -0.2) is 4.98 Å². The summed E-state index contributed by atoms with van der Waals surface area (Å²) in [6.07, 6.45) is 2.89. The Morgan fingerprint density at radius 2 is 2.00 bits per heavy atom. The van der Waals surface area contributed by atoms with Crippen LogP contribution in [0.5, 0.6) is 5.75 Å². The first-order chi connectivity index (χ1) is 12.5. The average molecular weight is 374 g/mol. The molecule has 2 atom stereocenters. The zero-order valence-electron chi connectivity index (χ0n) is 14.8. The molecule has 1 fully saturated rings. The van der Waals surface area contributed by atoms with Gasteiger partial charge in [-0.2, -0.15) is 0 Å². The number of benzene rings is 1. The molecule has 7 heteroatoms. The van der Waals surface area contributed by atoms with Crippen LogP contribution >= 0.6 is 11.3 Å². The van der Waals surface area contributed by atoms with E-state index >= 15 is 0 Å². The van der Waals surface area contributed by atoms with E-state index in [2.05, 4.69) is 10.3 Å². The Balaban J connectivity index is 1.77. The van der Waals surface area contributed by atoms with Crippen molar-refractivity contribution in [2.24, 2.45) is 11.8 Å². The molecule has 1 amide bonds. The summed E-state index contributed by atoms with van der Waals surface area (Å²) in [6.45, 7) is 1.99. The number of carboxylic acids is 1. The Hall–Kier alpha value is -2.41. The zero-order chi connectivity index (χ0) is 18.7. The highest BCUT2D eigenvalue weighted by Crippen LogP contribution is 2.34. The first-order valence-electron chi connectivity index (χ1n) is 8.64. The summed E-state index contributed by atoms with van der Waals surface area (Å²) in [5.74, 6) is -1.54. The van der Waals surface area contributed by atoms with Crippen LogP contribution in [-0.2, 0) is 9.59 Å². The fourth-order valence-corrected chi connectivity index (χ4v) is 4.13. The molecular formula is C19H22N2O4S. The van der Waals surface area contributed by atoms with Crippen LogP contribution in [0.2, 0.25) is 0 Å². The van der Waals surface area contributed by atoms with Crippen LogP contribution in [0.4, 0.5) is 5.13 Å². The third-order valence-corrected chi connectivity index (χ3v) is 5.54. The Kier molecular flexibility index (Phi) is 5.56. The summed E-state index contributed by atoms with van der Waals surface area (Å²) in [6, 6.07) is 5.84. The lowest BCUT2D eigenvalue weighted by Crippen LogP contribution is -2.36. The number of anilines is 1. The maximum atomic E-state index is 12.6. The number of aliphatic carboxylic acids is 1. The summed E-state index contributed by atoms with van der Waals surface area (Å²) in [4.78, 5) is 28.5. The van der Waals surface area contributed by atoms with E-state index in [1.54, 1.807) is 7.11 Å². The zero-order valence-corrected chi connectivity index (χ0v) is 15.6. The van der Waals surface area contributed by atoms with Crippen molar-refractivity contribution in [2.45, 2.75) is 32.6 Å². The van der Waals surface area contributed by atoms with Gasteiger partial charge in [-0.1, -0.05) is 24.5 Å². The van der Waals surface area contributed by atoms with Crippen molar-refractivity contribution in [1.29, 1.82) is 0 Å². The molecule has 0 bridgehead atoms. The molecule has 1 aliphatic rings. The number of aromatic nitrogens is 1. The van der Waals surface area contributed by atoms with Crippen molar-refractivity contribution in [3.8, 4) is 17.0 Å². The van der Waals surface area contributed by atoms with Gasteiger partial charge in [0, 0.05) is 10.9 Å². The quantitative estimate of drug-likeness (QED) is 0.827. The number of ether oxygens (including phenoxy) is 1. The average Bonchev–Trinajstić information content (AvgIpc) is 3.10. The van der Waals surface area contributed by atoms with Gasteiger partial charge in [0.1, 0.15) is 5.75 Å². The molecule has 0 saturated heterocycles. The van der Waals surface area contributed by atoms with E-state index in [-0.39, 0.29) is 5.91 Å². The van der Waals surface area contributed by atoms with Crippen LogP contribution in [0, 0.1) is 18.8 Å². The van der Waals surface area contributed by atoms with E-state index in [9.17, 15) is 14.7 Å². The van der Waals surface area contributed by atoms with Gasteiger partial charge >= 0.3 is 5.97 Å². The van der Waals surface area contributed by atoms with Crippen molar-refractivity contribution in [3.63, 3.8) is 0 Å². The van der Waals surface area contributed by atoms with E-state index in [4.69, 9.17) is 4.74 Å². The van der Waals surface area contributed by atoms with Crippen LogP contribution in [-0.4, -0.2) is 29.1 Å². The first-order valence-corrected chi connectivity index (χ1v) is 9.51. The minimum absolute atomic E-state index is 0.255. The molecule has 0 aliphatic heterocycles. The predicted molar refractivity (Wildman–Crippen MR) is 101 cm³/mol. The van der Waals surface area contributed by atoms with E-state index in [1.807, 2.05) is 30.5 Å². The summed E-state index contributed by atoms with van der Waals surface area (Å²) in [5, 5.41) is 14.5. The lowest BCUT2D eigenvalue weighted by molar-refractivity contribution is -0.147. The molecule has 26 heavy (non-hydrogen) atoms. The molecule has 2 unspecified atom stereocenters. The molecule has 1 saturated carbocycles. The smallest absolute Gasteiger partial charge is 0.307 e. The van der Waals surface area contributed by atoms with E-state index < -0.39 is 17.8 Å². The molecule has 138 valence electrons. The largest absolute Gasteiger partial charge is 0.496 e. The molecule has 1 aromatic carbocycles. The number of carbonyl (C=O) groups excluding carboxylic acids is 1. The number of thiazole rings is 1. The highest BCUT2D eigenvalue weighted by molar-refractivity contribution is 7.14. The maximum Gasteiger partial charge on any atom is 0.307 e. The number of hydrogen-bond acceptors (Lipinski definition) is 5. The summed E-state index contributed by atoms with van der Waals surface area (Å²) in [5.41, 5.74) is 2.68. The number of carboxylic acid groups (broad SMARTS) is 1. The molecule has 1 aliphatic carbocycles. The van der Waals surface area contributed by atoms with Crippen molar-refractivity contribution in [3.05, 3.63) is 29.1 Å². The SMILES string of the molecule is COc1ccc(C)cc1-c1csc(NC(=O)C2CCCCC2C(=O)O)n1. The third-order valence-electron chi connectivity index (χ3n) is 4.79. The second-order valence-electron chi connectivity index (χ2n) is 6.57. The van der Waals surface area contributed by atoms with Crippen molar-refractivity contribution >= 4 is 28.3 Å². The highest BCUT2D eigenvalue weighted by atomic mass is 32.1. The summed E-state index contributed by atoms with van der Waals surface area (Å²) >= 11 is 1.33. The molecule has 1 aromatic heterocycles. The van der Waals surface area contributed by atoms with Gasteiger partial charge in [0.25, 0.3) is 0 Å². The topological polar surface area (TPSA) is 88.5 Å².